The number of hydrogen-bond acceptors (Lipinski definition) is 7. The summed E-state index contributed by atoms with van der Waals surface area (Å²) in [6.45, 7) is 4.16. The van der Waals surface area contributed by atoms with Crippen LogP contribution >= 0.6 is 11.3 Å². The summed E-state index contributed by atoms with van der Waals surface area (Å²) in [6, 6.07) is 7.06. The van der Waals surface area contributed by atoms with Gasteiger partial charge in [0.05, 0.1) is 12.3 Å². The quantitative estimate of drug-likeness (QED) is 0.645. The summed E-state index contributed by atoms with van der Waals surface area (Å²) in [5.41, 5.74) is 8.86. The minimum absolute atomic E-state index is 0.145. The van der Waals surface area contributed by atoms with Crippen LogP contribution in [0.1, 0.15) is 38.3 Å². The molecule has 0 bridgehead atoms. The molecule has 1 fully saturated rings. The molecule has 1 unspecified atom stereocenters. The van der Waals surface area contributed by atoms with E-state index in [1.54, 1.807) is 6.07 Å². The van der Waals surface area contributed by atoms with Crippen molar-refractivity contribution in [1.29, 1.82) is 5.26 Å². The molecule has 0 radical (unpaired) electrons. The lowest BCUT2D eigenvalue weighted by atomic mass is 10.0. The van der Waals surface area contributed by atoms with Crippen LogP contribution in [0, 0.1) is 25.2 Å². The fourth-order valence-corrected chi connectivity index (χ4v) is 3.88. The molecule has 1 aromatic carbocycles. The molecule has 1 aliphatic heterocycles. The third kappa shape index (κ3) is 3.08. The van der Waals surface area contributed by atoms with Crippen LogP contribution in [0.25, 0.3) is 0 Å². The van der Waals surface area contributed by atoms with E-state index in [-0.39, 0.29) is 23.0 Å². The Morgan fingerprint density at radius 1 is 1.44 bits per heavy atom. The number of rotatable bonds is 4. The maximum atomic E-state index is 12.9. The van der Waals surface area contributed by atoms with Gasteiger partial charge in [0.25, 0.3) is 0 Å². The second kappa shape index (κ2) is 6.57. The van der Waals surface area contributed by atoms with Gasteiger partial charge in [-0.25, -0.2) is 4.79 Å². The van der Waals surface area contributed by atoms with Crippen molar-refractivity contribution in [2.45, 2.75) is 26.3 Å². The molecular weight excluding hydrogens is 338 g/mol. The lowest BCUT2D eigenvalue weighted by Crippen LogP contribution is -2.24. The lowest BCUT2D eigenvalue weighted by molar-refractivity contribution is -0.138. The Balaban J connectivity index is 1.98. The second-order valence-electron chi connectivity index (χ2n) is 5.96. The maximum absolute atomic E-state index is 12.9. The van der Waals surface area contributed by atoms with Crippen molar-refractivity contribution < 1.29 is 14.3 Å². The molecule has 3 rings (SSSR count). The number of ether oxygens (including phenoxy) is 1. The van der Waals surface area contributed by atoms with Gasteiger partial charge in [-0.2, -0.15) is 5.26 Å². The number of nitriles is 1. The van der Waals surface area contributed by atoms with E-state index in [1.807, 2.05) is 32.0 Å². The summed E-state index contributed by atoms with van der Waals surface area (Å²) in [5, 5.41) is 12.8. The van der Waals surface area contributed by atoms with Crippen LogP contribution in [0.3, 0.4) is 0 Å². The first-order valence-electron chi connectivity index (χ1n) is 7.80. The van der Waals surface area contributed by atoms with Crippen molar-refractivity contribution in [3.8, 4) is 6.07 Å². The van der Waals surface area contributed by atoms with Gasteiger partial charge in [0.1, 0.15) is 27.6 Å². The summed E-state index contributed by atoms with van der Waals surface area (Å²) >= 11 is 1.10. The molecule has 1 saturated heterocycles. The highest BCUT2D eigenvalue weighted by Crippen LogP contribution is 2.38. The van der Waals surface area contributed by atoms with Gasteiger partial charge in [0.15, 0.2) is 0 Å². The van der Waals surface area contributed by atoms with Crippen molar-refractivity contribution in [2.24, 2.45) is 0 Å². The Morgan fingerprint density at radius 3 is 2.80 bits per heavy atom. The molecular formula is C18H17N3O3S. The van der Waals surface area contributed by atoms with E-state index < -0.39 is 6.04 Å². The van der Waals surface area contributed by atoms with Crippen LogP contribution in [0.15, 0.2) is 18.2 Å². The molecule has 3 N–H and O–H groups in total. The number of thiophene rings is 1. The van der Waals surface area contributed by atoms with Gasteiger partial charge in [-0.15, -0.1) is 11.3 Å². The summed E-state index contributed by atoms with van der Waals surface area (Å²) in [6.07, 6.45) is 0.516. The maximum Gasteiger partial charge on any atom is 0.328 e. The minimum atomic E-state index is -0.519. The van der Waals surface area contributed by atoms with Gasteiger partial charge >= 0.3 is 5.97 Å². The number of nitrogens with one attached hydrogen (secondary N) is 1. The number of nitrogens with zero attached hydrogens (tertiary/aromatic N) is 1. The highest BCUT2D eigenvalue weighted by Gasteiger charge is 2.30. The van der Waals surface area contributed by atoms with E-state index in [0.29, 0.717) is 28.5 Å². The van der Waals surface area contributed by atoms with E-state index in [4.69, 9.17) is 10.5 Å². The Kier molecular flexibility index (Phi) is 4.47. The van der Waals surface area contributed by atoms with E-state index >= 15 is 0 Å². The zero-order valence-corrected chi connectivity index (χ0v) is 14.7. The molecule has 1 aliphatic rings. The molecule has 7 heteroatoms. The van der Waals surface area contributed by atoms with E-state index in [1.165, 1.54) is 0 Å². The zero-order chi connectivity index (χ0) is 18.1. The van der Waals surface area contributed by atoms with Crippen molar-refractivity contribution in [3.63, 3.8) is 0 Å². The number of benzene rings is 1. The number of esters is 1. The van der Waals surface area contributed by atoms with Crippen molar-refractivity contribution in [3.05, 3.63) is 45.3 Å². The van der Waals surface area contributed by atoms with Crippen LogP contribution in [0.2, 0.25) is 0 Å². The van der Waals surface area contributed by atoms with Gasteiger partial charge < -0.3 is 15.8 Å². The Hall–Kier alpha value is -2.85. The summed E-state index contributed by atoms with van der Waals surface area (Å²) < 4.78 is 4.91. The number of anilines is 2. The monoisotopic (exact) mass is 355 g/mol. The zero-order valence-electron chi connectivity index (χ0n) is 13.9. The third-order valence-electron chi connectivity index (χ3n) is 4.13. The highest BCUT2D eigenvalue weighted by atomic mass is 32.1. The van der Waals surface area contributed by atoms with E-state index in [9.17, 15) is 14.9 Å². The van der Waals surface area contributed by atoms with Gasteiger partial charge in [0, 0.05) is 12.0 Å². The topological polar surface area (TPSA) is 105 Å². The van der Waals surface area contributed by atoms with Crippen LogP contribution in [0.5, 0.6) is 0 Å². The predicted octanol–water partition coefficient (Wildman–Crippen LogP) is 2.78. The average Bonchev–Trinajstić information content (AvgIpc) is 3.10. The number of nitrogens with two attached hydrogens (primary N) is 1. The molecule has 1 aromatic heterocycles. The third-order valence-corrected chi connectivity index (χ3v) is 5.27. The van der Waals surface area contributed by atoms with Gasteiger partial charge in [-0.3, -0.25) is 4.79 Å². The Morgan fingerprint density at radius 2 is 2.20 bits per heavy atom. The minimum Gasteiger partial charge on any atom is -0.464 e. The summed E-state index contributed by atoms with van der Waals surface area (Å²) in [5.74, 6) is -0.586. The Bertz CT molecular complexity index is 911. The van der Waals surface area contributed by atoms with E-state index in [0.717, 1.165) is 22.5 Å². The van der Waals surface area contributed by atoms with Crippen LogP contribution in [-0.4, -0.2) is 24.4 Å². The van der Waals surface area contributed by atoms with Crippen molar-refractivity contribution in [1.82, 2.24) is 0 Å². The first-order valence-corrected chi connectivity index (χ1v) is 8.61. The smallest absolute Gasteiger partial charge is 0.328 e. The largest absolute Gasteiger partial charge is 0.464 e. The molecule has 1 atom stereocenters. The number of ketones is 1. The summed E-state index contributed by atoms with van der Waals surface area (Å²) in [4.78, 5) is 24.8. The number of hydrogen-bond donors (Lipinski definition) is 2. The number of cyclic esters (lactones) is 1. The van der Waals surface area contributed by atoms with Gasteiger partial charge in [-0.05, 0) is 19.4 Å². The molecule has 0 aliphatic carbocycles. The van der Waals surface area contributed by atoms with Crippen molar-refractivity contribution in [2.75, 3.05) is 17.7 Å². The van der Waals surface area contributed by atoms with Gasteiger partial charge in [0.2, 0.25) is 5.78 Å². The summed E-state index contributed by atoms with van der Waals surface area (Å²) in [7, 11) is 0. The fourth-order valence-electron chi connectivity index (χ4n) is 2.80. The Labute approximate surface area is 149 Å². The molecule has 6 nitrogen and oxygen atoms in total. The highest BCUT2D eigenvalue weighted by molar-refractivity contribution is 7.19. The molecule has 25 heavy (non-hydrogen) atoms. The van der Waals surface area contributed by atoms with Crippen LogP contribution < -0.4 is 11.1 Å². The van der Waals surface area contributed by atoms with Crippen LogP contribution in [-0.2, 0) is 9.53 Å². The average molecular weight is 355 g/mol. The number of aryl methyl sites for hydroxylation is 2. The molecule has 2 aromatic rings. The molecule has 128 valence electrons. The van der Waals surface area contributed by atoms with E-state index in [2.05, 4.69) is 5.32 Å². The number of carbonyl (C=O) groups excluding carboxylic acids is 2. The predicted molar refractivity (Wildman–Crippen MR) is 95.8 cm³/mol. The molecule has 2 heterocycles. The standard InChI is InChI=1S/C18H17N3O3S/c1-9-3-4-11(10(2)7-9)15(22)16-14(20)12(8-19)17(25-16)21-13-5-6-24-18(13)23/h3-4,7,13,21H,5-6,20H2,1-2H3. The second-order valence-corrected chi connectivity index (χ2v) is 6.98. The first kappa shape index (κ1) is 17.0. The van der Waals surface area contributed by atoms with Crippen LogP contribution in [0.4, 0.5) is 10.7 Å². The molecule has 0 amide bonds. The van der Waals surface area contributed by atoms with Crippen molar-refractivity contribution >= 4 is 33.8 Å². The normalized spacial score (nSPS) is 16.4. The molecule has 0 saturated carbocycles. The molecule has 0 spiro atoms. The SMILES string of the molecule is Cc1ccc(C(=O)c2sc(NC3CCOC3=O)c(C#N)c2N)c(C)c1. The number of carbonyl (C=O) groups is 2. The first-order chi connectivity index (χ1) is 11.9. The van der Waals surface area contributed by atoms with Gasteiger partial charge in [-0.1, -0.05) is 23.8 Å². The lowest BCUT2D eigenvalue weighted by Gasteiger charge is -2.08. The number of nitrogen functional groups attached to an aromatic ring is 1. The fraction of sp³-hybridized carbons (Fsp3) is 0.278.